The van der Waals surface area contributed by atoms with Crippen molar-refractivity contribution < 1.29 is 8.42 Å². The van der Waals surface area contributed by atoms with Crippen LogP contribution in [-0.2, 0) is 9.84 Å². The van der Waals surface area contributed by atoms with Crippen LogP contribution < -0.4 is 5.32 Å². The molecule has 1 heterocycles. The van der Waals surface area contributed by atoms with Crippen LogP contribution >= 0.6 is 0 Å². The molecule has 100 valence electrons. The summed E-state index contributed by atoms with van der Waals surface area (Å²) in [6.07, 6.45) is 6.15. The first-order valence-electron chi connectivity index (χ1n) is 5.79. The number of hydrogen-bond acceptors (Lipinski definition) is 5. The Morgan fingerprint density at radius 2 is 1.84 bits per heavy atom. The Balaban J connectivity index is 2.12. The molecule has 19 heavy (non-hydrogen) atoms. The van der Waals surface area contributed by atoms with Crippen molar-refractivity contribution in [3.63, 3.8) is 0 Å². The van der Waals surface area contributed by atoms with E-state index in [4.69, 9.17) is 0 Å². The third-order valence-corrected chi connectivity index (χ3v) is 3.82. The fourth-order valence-corrected chi connectivity index (χ4v) is 2.29. The van der Waals surface area contributed by atoms with E-state index in [1.165, 1.54) is 6.26 Å². The van der Waals surface area contributed by atoms with Crippen LogP contribution in [0.1, 0.15) is 18.7 Å². The monoisotopic (exact) mass is 277 g/mol. The first-order valence-corrected chi connectivity index (χ1v) is 7.68. The second-order valence-corrected chi connectivity index (χ2v) is 6.31. The fourth-order valence-electron chi connectivity index (χ4n) is 1.66. The van der Waals surface area contributed by atoms with Gasteiger partial charge < -0.3 is 5.32 Å². The van der Waals surface area contributed by atoms with E-state index in [0.29, 0.717) is 4.90 Å². The maximum absolute atomic E-state index is 11.3. The molecule has 1 aromatic carbocycles. The molecule has 0 bridgehead atoms. The molecule has 0 spiro atoms. The van der Waals surface area contributed by atoms with Gasteiger partial charge in [0.15, 0.2) is 9.84 Å². The zero-order chi connectivity index (χ0) is 13.9. The van der Waals surface area contributed by atoms with E-state index >= 15 is 0 Å². The van der Waals surface area contributed by atoms with Crippen molar-refractivity contribution in [2.45, 2.75) is 17.9 Å². The summed E-state index contributed by atoms with van der Waals surface area (Å²) >= 11 is 0. The smallest absolute Gasteiger partial charge is 0.175 e. The van der Waals surface area contributed by atoms with Crippen LogP contribution in [0.15, 0.2) is 47.8 Å². The predicted molar refractivity (Wildman–Crippen MR) is 73.6 cm³/mol. The molecule has 0 saturated heterocycles. The molecule has 0 amide bonds. The molecule has 0 aliphatic carbocycles. The van der Waals surface area contributed by atoms with E-state index in [0.717, 1.165) is 11.4 Å². The van der Waals surface area contributed by atoms with Gasteiger partial charge in [-0.15, -0.1) is 0 Å². The van der Waals surface area contributed by atoms with Crippen molar-refractivity contribution in [2.75, 3.05) is 11.6 Å². The minimum absolute atomic E-state index is 0.00205. The van der Waals surface area contributed by atoms with Gasteiger partial charge in [-0.25, -0.2) is 8.42 Å². The van der Waals surface area contributed by atoms with Gasteiger partial charge in [-0.2, -0.15) is 0 Å². The molecule has 0 fully saturated rings. The summed E-state index contributed by atoms with van der Waals surface area (Å²) < 4.78 is 22.7. The third kappa shape index (κ3) is 3.51. The number of aromatic nitrogens is 2. The number of benzene rings is 1. The first kappa shape index (κ1) is 13.5. The summed E-state index contributed by atoms with van der Waals surface area (Å²) in [4.78, 5) is 8.53. The van der Waals surface area contributed by atoms with Gasteiger partial charge >= 0.3 is 0 Å². The highest BCUT2D eigenvalue weighted by molar-refractivity contribution is 7.90. The minimum atomic E-state index is -3.15. The van der Waals surface area contributed by atoms with Gasteiger partial charge in [0.05, 0.1) is 22.8 Å². The maximum atomic E-state index is 11.3. The molecule has 1 atom stereocenters. The molecule has 0 radical (unpaired) electrons. The fraction of sp³-hybridized carbons (Fsp3) is 0.231. The molecule has 1 unspecified atom stereocenters. The zero-order valence-electron chi connectivity index (χ0n) is 10.7. The Morgan fingerprint density at radius 1 is 1.16 bits per heavy atom. The van der Waals surface area contributed by atoms with Gasteiger partial charge in [0.1, 0.15) is 0 Å². The van der Waals surface area contributed by atoms with E-state index in [1.807, 2.05) is 6.92 Å². The second-order valence-electron chi connectivity index (χ2n) is 4.29. The minimum Gasteiger partial charge on any atom is -0.377 e. The normalized spacial score (nSPS) is 12.9. The average molecular weight is 277 g/mol. The van der Waals surface area contributed by atoms with Crippen molar-refractivity contribution in [3.8, 4) is 0 Å². The number of nitrogens with one attached hydrogen (secondary N) is 1. The number of anilines is 1. The average Bonchev–Trinajstić information content (AvgIpc) is 2.39. The highest BCUT2D eigenvalue weighted by Crippen LogP contribution is 2.19. The van der Waals surface area contributed by atoms with Crippen molar-refractivity contribution in [2.24, 2.45) is 0 Å². The molecule has 0 saturated carbocycles. The summed E-state index contributed by atoms with van der Waals surface area (Å²) in [5.74, 6) is 0. The van der Waals surface area contributed by atoms with Crippen molar-refractivity contribution in [1.29, 1.82) is 0 Å². The summed E-state index contributed by atoms with van der Waals surface area (Å²) in [6.45, 7) is 1.97. The van der Waals surface area contributed by atoms with Crippen LogP contribution in [-0.4, -0.2) is 24.6 Å². The lowest BCUT2D eigenvalue weighted by molar-refractivity contribution is 0.602. The van der Waals surface area contributed by atoms with Gasteiger partial charge in [-0.1, -0.05) is 0 Å². The van der Waals surface area contributed by atoms with Gasteiger partial charge in [0.25, 0.3) is 0 Å². The van der Waals surface area contributed by atoms with Crippen LogP contribution in [0.4, 0.5) is 5.69 Å². The largest absolute Gasteiger partial charge is 0.377 e. The lowest BCUT2D eigenvalue weighted by Gasteiger charge is -2.14. The van der Waals surface area contributed by atoms with Crippen molar-refractivity contribution >= 4 is 15.5 Å². The predicted octanol–water partition coefficient (Wildman–Crippen LogP) is 2.05. The van der Waals surface area contributed by atoms with Crippen molar-refractivity contribution in [1.82, 2.24) is 9.97 Å². The summed E-state index contributed by atoms with van der Waals surface area (Å²) in [6, 6.07) is 6.65. The Morgan fingerprint density at radius 3 is 2.37 bits per heavy atom. The molecular weight excluding hydrogens is 262 g/mol. The highest BCUT2D eigenvalue weighted by atomic mass is 32.2. The maximum Gasteiger partial charge on any atom is 0.175 e. The topological polar surface area (TPSA) is 72.0 Å². The molecule has 5 nitrogen and oxygen atoms in total. The second kappa shape index (κ2) is 5.36. The van der Waals surface area contributed by atoms with Crippen LogP contribution in [0.5, 0.6) is 0 Å². The summed E-state index contributed by atoms with van der Waals surface area (Å²) in [5, 5.41) is 3.24. The van der Waals surface area contributed by atoms with E-state index < -0.39 is 9.84 Å². The van der Waals surface area contributed by atoms with E-state index in [9.17, 15) is 8.42 Å². The molecule has 2 aromatic rings. The standard InChI is InChI=1S/C13H15N3O2S/c1-10(13-9-14-7-8-15-13)16-11-3-5-12(6-4-11)19(2,17)18/h3-10,16H,1-2H3. The highest BCUT2D eigenvalue weighted by Gasteiger charge is 2.09. The van der Waals surface area contributed by atoms with Crippen LogP contribution in [0.2, 0.25) is 0 Å². The van der Waals surface area contributed by atoms with Crippen LogP contribution in [0, 0.1) is 0 Å². The number of hydrogen-bond donors (Lipinski definition) is 1. The van der Waals surface area contributed by atoms with Gasteiger partial charge in [0, 0.05) is 24.3 Å². The van der Waals surface area contributed by atoms with E-state index in [-0.39, 0.29) is 6.04 Å². The molecular formula is C13H15N3O2S. The van der Waals surface area contributed by atoms with Gasteiger partial charge in [-0.3, -0.25) is 9.97 Å². The number of sulfone groups is 1. The third-order valence-electron chi connectivity index (χ3n) is 2.69. The molecule has 6 heteroatoms. The Hall–Kier alpha value is -1.95. The molecule has 1 aromatic heterocycles. The SMILES string of the molecule is CC(Nc1ccc(S(C)(=O)=O)cc1)c1cnccn1. The first-order chi connectivity index (χ1) is 8.97. The molecule has 0 aliphatic rings. The Labute approximate surface area is 112 Å². The molecule has 1 N–H and O–H groups in total. The lowest BCUT2D eigenvalue weighted by atomic mass is 10.2. The number of rotatable bonds is 4. The Bertz CT molecular complexity index is 639. The molecule has 2 rings (SSSR count). The van der Waals surface area contributed by atoms with E-state index in [2.05, 4.69) is 15.3 Å². The zero-order valence-corrected chi connectivity index (χ0v) is 11.6. The quantitative estimate of drug-likeness (QED) is 0.926. The van der Waals surface area contributed by atoms with Gasteiger partial charge in [0.2, 0.25) is 0 Å². The number of nitrogens with zero attached hydrogens (tertiary/aromatic N) is 2. The lowest BCUT2D eigenvalue weighted by Crippen LogP contribution is -2.08. The van der Waals surface area contributed by atoms with Crippen LogP contribution in [0.3, 0.4) is 0 Å². The van der Waals surface area contributed by atoms with Crippen molar-refractivity contribution in [3.05, 3.63) is 48.5 Å². The Kier molecular flexibility index (Phi) is 3.80. The van der Waals surface area contributed by atoms with Crippen LogP contribution in [0.25, 0.3) is 0 Å². The van der Waals surface area contributed by atoms with Gasteiger partial charge in [-0.05, 0) is 31.2 Å². The molecule has 0 aliphatic heterocycles. The van der Waals surface area contributed by atoms with E-state index in [1.54, 1.807) is 42.9 Å². The summed E-state index contributed by atoms with van der Waals surface area (Å²) in [5.41, 5.74) is 1.67. The summed E-state index contributed by atoms with van der Waals surface area (Å²) in [7, 11) is -3.15.